The van der Waals surface area contributed by atoms with E-state index in [-0.39, 0.29) is 0 Å². The summed E-state index contributed by atoms with van der Waals surface area (Å²) in [6, 6.07) is 0.702. The number of aromatic nitrogens is 2. The van der Waals surface area contributed by atoms with Crippen molar-refractivity contribution in [2.75, 3.05) is 31.1 Å². The number of fused-ring (bicyclic) bond motifs is 1. The number of anilines is 1. The molecule has 19 heavy (non-hydrogen) atoms. The Hall–Kier alpha value is -1.36. The molecule has 3 heterocycles. The van der Waals surface area contributed by atoms with E-state index >= 15 is 0 Å². The fraction of sp³-hybridized carbons (Fsp3) is 0.714. The van der Waals surface area contributed by atoms with Crippen molar-refractivity contribution >= 4 is 5.82 Å². The minimum atomic E-state index is 0.629. The zero-order valence-corrected chi connectivity index (χ0v) is 11.5. The van der Waals surface area contributed by atoms with E-state index in [0.717, 1.165) is 24.8 Å². The molecule has 1 aromatic heterocycles. The van der Waals surface area contributed by atoms with Crippen LogP contribution in [-0.2, 0) is 0 Å². The molecule has 1 N–H and O–H groups in total. The quantitative estimate of drug-likeness (QED) is 0.893. The molecule has 2 fully saturated rings. The molecule has 2 aliphatic rings. The third-order valence-corrected chi connectivity index (χ3v) is 4.11. The van der Waals surface area contributed by atoms with Crippen molar-refractivity contribution in [3.63, 3.8) is 0 Å². The van der Waals surface area contributed by atoms with Crippen LogP contribution in [0.1, 0.15) is 26.2 Å². The molecule has 2 aliphatic heterocycles. The topological polar surface area (TPSA) is 50.3 Å². The third kappa shape index (κ3) is 2.81. The Balaban J connectivity index is 1.70. The van der Waals surface area contributed by atoms with Crippen molar-refractivity contribution in [2.45, 2.75) is 32.2 Å². The normalized spacial score (nSPS) is 26.9. The van der Waals surface area contributed by atoms with Gasteiger partial charge in [-0.2, -0.15) is 4.98 Å². The lowest BCUT2D eigenvalue weighted by Crippen LogP contribution is -2.52. The summed E-state index contributed by atoms with van der Waals surface area (Å²) in [7, 11) is 0. The van der Waals surface area contributed by atoms with Crippen LogP contribution >= 0.6 is 0 Å². The lowest BCUT2D eigenvalue weighted by atomic mass is 9.85. The van der Waals surface area contributed by atoms with Gasteiger partial charge in [0.05, 0.1) is 19.0 Å². The van der Waals surface area contributed by atoms with Gasteiger partial charge < -0.3 is 15.0 Å². The van der Waals surface area contributed by atoms with Gasteiger partial charge in [0.2, 0.25) is 5.88 Å². The van der Waals surface area contributed by atoms with Crippen molar-refractivity contribution in [3.8, 4) is 5.88 Å². The lowest BCUT2D eigenvalue weighted by Gasteiger charge is -2.42. The minimum Gasteiger partial charge on any atom is -0.477 e. The van der Waals surface area contributed by atoms with Gasteiger partial charge in [0.1, 0.15) is 0 Å². The maximum atomic E-state index is 5.43. The average Bonchev–Trinajstić information content (AvgIpc) is 2.47. The molecule has 0 radical (unpaired) electrons. The molecule has 0 aromatic carbocycles. The van der Waals surface area contributed by atoms with Gasteiger partial charge in [0.25, 0.3) is 0 Å². The Labute approximate surface area is 114 Å². The van der Waals surface area contributed by atoms with E-state index in [4.69, 9.17) is 4.74 Å². The summed E-state index contributed by atoms with van der Waals surface area (Å²) >= 11 is 0. The van der Waals surface area contributed by atoms with Crippen LogP contribution in [0.25, 0.3) is 0 Å². The van der Waals surface area contributed by atoms with Gasteiger partial charge in [-0.05, 0) is 38.6 Å². The molecule has 1 aromatic rings. The highest BCUT2D eigenvalue weighted by Gasteiger charge is 2.31. The van der Waals surface area contributed by atoms with Gasteiger partial charge in [-0.15, -0.1) is 0 Å². The molecular formula is C14H22N4O. The maximum absolute atomic E-state index is 5.43. The number of nitrogens with zero attached hydrogens (tertiary/aromatic N) is 3. The Bertz CT molecular complexity index is 426. The van der Waals surface area contributed by atoms with Crippen LogP contribution < -0.4 is 15.0 Å². The van der Waals surface area contributed by atoms with Gasteiger partial charge >= 0.3 is 0 Å². The van der Waals surface area contributed by atoms with Crippen LogP contribution in [0.5, 0.6) is 5.88 Å². The van der Waals surface area contributed by atoms with Crippen LogP contribution in [0.3, 0.4) is 0 Å². The zero-order chi connectivity index (χ0) is 13.1. The van der Waals surface area contributed by atoms with Crippen LogP contribution in [0, 0.1) is 5.92 Å². The predicted octanol–water partition coefficient (Wildman–Crippen LogP) is 1.45. The highest BCUT2D eigenvalue weighted by molar-refractivity contribution is 5.38. The molecule has 3 rings (SSSR count). The van der Waals surface area contributed by atoms with E-state index in [0.29, 0.717) is 18.5 Å². The molecule has 0 aliphatic carbocycles. The Morgan fingerprint density at radius 3 is 3.26 bits per heavy atom. The fourth-order valence-corrected chi connectivity index (χ4v) is 3.16. The van der Waals surface area contributed by atoms with Crippen molar-refractivity contribution in [3.05, 3.63) is 12.4 Å². The summed E-state index contributed by atoms with van der Waals surface area (Å²) in [5, 5.41) is 3.64. The highest BCUT2D eigenvalue weighted by Crippen LogP contribution is 2.27. The first-order valence-electron chi connectivity index (χ1n) is 7.30. The summed E-state index contributed by atoms with van der Waals surface area (Å²) in [4.78, 5) is 11.1. The van der Waals surface area contributed by atoms with E-state index in [1.54, 1.807) is 6.20 Å². The summed E-state index contributed by atoms with van der Waals surface area (Å²) < 4.78 is 5.43. The van der Waals surface area contributed by atoms with Crippen molar-refractivity contribution in [2.24, 2.45) is 5.92 Å². The minimum absolute atomic E-state index is 0.629. The second-order valence-electron chi connectivity index (χ2n) is 5.35. The van der Waals surface area contributed by atoms with E-state index < -0.39 is 0 Å². The number of hydrogen-bond donors (Lipinski definition) is 1. The van der Waals surface area contributed by atoms with E-state index in [1.807, 2.05) is 13.1 Å². The summed E-state index contributed by atoms with van der Waals surface area (Å²) in [5.41, 5.74) is 0. The first-order valence-corrected chi connectivity index (χ1v) is 7.30. The van der Waals surface area contributed by atoms with Gasteiger partial charge in [0, 0.05) is 19.1 Å². The van der Waals surface area contributed by atoms with Gasteiger partial charge in [0.15, 0.2) is 5.82 Å². The van der Waals surface area contributed by atoms with Gasteiger partial charge in [-0.1, -0.05) is 0 Å². The maximum Gasteiger partial charge on any atom is 0.234 e. The molecule has 5 nitrogen and oxygen atoms in total. The lowest BCUT2D eigenvalue weighted by molar-refractivity contribution is 0.243. The number of rotatable bonds is 3. The molecule has 0 saturated carbocycles. The smallest absolute Gasteiger partial charge is 0.234 e. The molecule has 2 atom stereocenters. The Morgan fingerprint density at radius 1 is 1.42 bits per heavy atom. The second-order valence-corrected chi connectivity index (χ2v) is 5.35. The highest BCUT2D eigenvalue weighted by atomic mass is 16.5. The number of nitrogens with one attached hydrogen (secondary N) is 1. The summed E-state index contributed by atoms with van der Waals surface area (Å²) in [6.45, 7) is 5.92. The molecule has 0 spiro atoms. The monoisotopic (exact) mass is 262 g/mol. The van der Waals surface area contributed by atoms with Crippen LogP contribution in [0.15, 0.2) is 12.4 Å². The predicted molar refractivity (Wildman–Crippen MR) is 74.5 cm³/mol. The van der Waals surface area contributed by atoms with Crippen molar-refractivity contribution in [1.82, 2.24) is 15.3 Å². The van der Waals surface area contributed by atoms with Crippen LogP contribution in [-0.4, -0.2) is 42.3 Å². The Morgan fingerprint density at radius 2 is 2.37 bits per heavy atom. The molecule has 0 amide bonds. The van der Waals surface area contributed by atoms with Crippen LogP contribution in [0.4, 0.5) is 5.82 Å². The molecule has 0 bridgehead atoms. The molecule has 5 heteroatoms. The average molecular weight is 262 g/mol. The van der Waals surface area contributed by atoms with E-state index in [1.165, 1.54) is 25.8 Å². The Kier molecular flexibility index (Phi) is 3.82. The number of hydrogen-bond acceptors (Lipinski definition) is 5. The van der Waals surface area contributed by atoms with Gasteiger partial charge in [-0.3, -0.25) is 4.98 Å². The summed E-state index contributed by atoms with van der Waals surface area (Å²) in [5.74, 6) is 2.33. The van der Waals surface area contributed by atoms with Crippen LogP contribution in [0.2, 0.25) is 0 Å². The fourth-order valence-electron chi connectivity index (χ4n) is 3.16. The first kappa shape index (κ1) is 12.7. The summed E-state index contributed by atoms with van der Waals surface area (Å²) in [6.07, 6.45) is 7.35. The first-order chi connectivity index (χ1) is 9.36. The number of piperidine rings is 2. The van der Waals surface area contributed by atoms with Gasteiger partial charge in [-0.25, -0.2) is 0 Å². The third-order valence-electron chi connectivity index (χ3n) is 4.11. The number of ether oxygens (including phenoxy) is 1. The van der Waals surface area contributed by atoms with E-state index in [2.05, 4.69) is 20.2 Å². The van der Waals surface area contributed by atoms with E-state index in [9.17, 15) is 0 Å². The van der Waals surface area contributed by atoms with Crippen molar-refractivity contribution < 1.29 is 4.74 Å². The molecule has 104 valence electrons. The van der Waals surface area contributed by atoms with Crippen molar-refractivity contribution in [1.29, 1.82) is 0 Å². The largest absolute Gasteiger partial charge is 0.477 e. The standard InChI is InChI=1S/C14H22N4O/c1-2-19-14-9-15-8-13(17-14)18-7-5-12-11(10-18)4-3-6-16-12/h8-9,11-12,16H,2-7,10H2,1H3. The molecule has 2 unspecified atom stereocenters. The molecule has 2 saturated heterocycles. The zero-order valence-electron chi connectivity index (χ0n) is 11.5. The second kappa shape index (κ2) is 5.74. The SMILES string of the molecule is CCOc1cncc(N2CCC3NCCCC3C2)n1. The molecular weight excluding hydrogens is 240 g/mol.